The Morgan fingerprint density at radius 2 is 1.87 bits per heavy atom. The molecule has 3 nitrogen and oxygen atoms in total. The van der Waals surface area contributed by atoms with Crippen molar-refractivity contribution < 1.29 is 18.3 Å². The summed E-state index contributed by atoms with van der Waals surface area (Å²) in [6.07, 6.45) is 1.28. The highest BCUT2D eigenvalue weighted by Gasteiger charge is 2.22. The van der Waals surface area contributed by atoms with Crippen LogP contribution in [-0.4, -0.2) is 38.2 Å². The smallest absolute Gasteiger partial charge is 0.256 e. The lowest BCUT2D eigenvalue weighted by molar-refractivity contribution is 0.123. The van der Waals surface area contributed by atoms with Gasteiger partial charge < -0.3 is 14.4 Å². The number of halogens is 3. The van der Waals surface area contributed by atoms with Crippen molar-refractivity contribution in [1.29, 1.82) is 0 Å². The second-order valence-corrected chi connectivity index (χ2v) is 6.04. The number of ether oxygens (including phenoxy) is 2. The molecule has 0 atom stereocenters. The molecule has 2 rings (SSSR count). The number of rotatable bonds is 7. The van der Waals surface area contributed by atoms with Gasteiger partial charge in [-0.15, -0.1) is 0 Å². The highest BCUT2D eigenvalue weighted by molar-refractivity contribution is 14.1. The molecule has 1 heterocycles. The van der Waals surface area contributed by atoms with E-state index in [0.29, 0.717) is 30.4 Å². The molecule has 6 heteroatoms. The minimum Gasteiger partial charge on any atom is -0.491 e. The summed E-state index contributed by atoms with van der Waals surface area (Å²) in [5.41, 5.74) is 2.13. The van der Waals surface area contributed by atoms with Crippen molar-refractivity contribution in [2.45, 2.75) is 6.43 Å². The third-order valence-electron chi connectivity index (χ3n) is 3.31. The number of benzene rings is 1. The molecule has 0 bridgehead atoms. The van der Waals surface area contributed by atoms with E-state index in [2.05, 4.69) is 29.2 Å². The van der Waals surface area contributed by atoms with Crippen LogP contribution in [0.1, 0.15) is 5.56 Å². The van der Waals surface area contributed by atoms with E-state index in [0.717, 1.165) is 9.14 Å². The molecule has 0 N–H and O–H groups in total. The van der Waals surface area contributed by atoms with Crippen LogP contribution in [0.4, 0.5) is 8.78 Å². The second kappa shape index (κ2) is 8.44. The summed E-state index contributed by atoms with van der Waals surface area (Å²) >= 11 is 2.10. The molecule has 1 aliphatic rings. The van der Waals surface area contributed by atoms with Gasteiger partial charge >= 0.3 is 0 Å². The van der Waals surface area contributed by atoms with Crippen molar-refractivity contribution in [1.82, 2.24) is 4.90 Å². The zero-order valence-electron chi connectivity index (χ0n) is 12.8. The largest absolute Gasteiger partial charge is 0.491 e. The van der Waals surface area contributed by atoms with Crippen LogP contribution in [-0.2, 0) is 4.74 Å². The van der Waals surface area contributed by atoms with Gasteiger partial charge in [0.25, 0.3) is 6.43 Å². The summed E-state index contributed by atoms with van der Waals surface area (Å²) < 4.78 is 37.1. The lowest BCUT2D eigenvalue weighted by Gasteiger charge is -2.31. The van der Waals surface area contributed by atoms with Crippen molar-refractivity contribution in [3.63, 3.8) is 0 Å². The molecule has 0 fully saturated rings. The summed E-state index contributed by atoms with van der Waals surface area (Å²) in [6, 6.07) is 7.34. The SMILES string of the molecule is C=C1C(I)=CC=C(c2ccc(OCCOC)cc2)N1CC(F)F. The highest BCUT2D eigenvalue weighted by Crippen LogP contribution is 2.34. The summed E-state index contributed by atoms with van der Waals surface area (Å²) in [5, 5.41) is 0. The van der Waals surface area contributed by atoms with Crippen LogP contribution in [0.2, 0.25) is 0 Å². The number of hydrogen-bond donors (Lipinski definition) is 0. The molecule has 1 aromatic rings. The van der Waals surface area contributed by atoms with E-state index in [-0.39, 0.29) is 6.54 Å². The van der Waals surface area contributed by atoms with Crippen LogP contribution >= 0.6 is 22.6 Å². The zero-order chi connectivity index (χ0) is 16.8. The Labute approximate surface area is 148 Å². The molecule has 23 heavy (non-hydrogen) atoms. The zero-order valence-corrected chi connectivity index (χ0v) is 14.9. The monoisotopic (exact) mass is 433 g/mol. The Hall–Kier alpha value is -1.41. The molecular formula is C17H18F2INO2. The van der Waals surface area contributed by atoms with Crippen molar-refractivity contribution >= 4 is 28.3 Å². The third kappa shape index (κ3) is 4.78. The molecule has 0 aliphatic carbocycles. The van der Waals surface area contributed by atoms with E-state index in [9.17, 15) is 8.78 Å². The van der Waals surface area contributed by atoms with Gasteiger partial charge in [-0.3, -0.25) is 0 Å². The second-order valence-electron chi connectivity index (χ2n) is 4.88. The van der Waals surface area contributed by atoms with Gasteiger partial charge in [0.15, 0.2) is 0 Å². The van der Waals surface area contributed by atoms with Crippen molar-refractivity contribution in [3.05, 3.63) is 57.8 Å². The molecule has 1 aliphatic heterocycles. The number of nitrogens with zero attached hydrogens (tertiary/aromatic N) is 1. The first-order valence-electron chi connectivity index (χ1n) is 7.07. The molecule has 124 valence electrons. The first-order chi connectivity index (χ1) is 11.0. The normalized spacial score (nSPS) is 14.8. The first-order valence-corrected chi connectivity index (χ1v) is 8.15. The predicted octanol–water partition coefficient (Wildman–Crippen LogP) is 4.47. The Morgan fingerprint density at radius 3 is 2.48 bits per heavy atom. The summed E-state index contributed by atoms with van der Waals surface area (Å²) in [5.74, 6) is 0.714. The van der Waals surface area contributed by atoms with Crippen LogP contribution < -0.4 is 4.74 Å². The third-order valence-corrected chi connectivity index (χ3v) is 4.29. The number of methoxy groups -OCH3 is 1. The molecule has 0 unspecified atom stereocenters. The van der Waals surface area contributed by atoms with Crippen LogP contribution in [0.3, 0.4) is 0 Å². The van der Waals surface area contributed by atoms with E-state index in [4.69, 9.17) is 9.47 Å². The Morgan fingerprint density at radius 1 is 1.17 bits per heavy atom. The van der Waals surface area contributed by atoms with Crippen LogP contribution in [0.25, 0.3) is 5.70 Å². The minimum absolute atomic E-state index is 0.378. The number of hydrogen-bond acceptors (Lipinski definition) is 3. The van der Waals surface area contributed by atoms with Gasteiger partial charge in [-0.25, -0.2) is 8.78 Å². The first kappa shape index (κ1) is 17.9. The minimum atomic E-state index is -2.44. The van der Waals surface area contributed by atoms with Crippen LogP contribution in [0.5, 0.6) is 5.75 Å². The lowest BCUT2D eigenvalue weighted by Crippen LogP contribution is -2.28. The molecular weight excluding hydrogens is 415 g/mol. The fraction of sp³-hybridized carbons (Fsp3) is 0.294. The maximum atomic E-state index is 12.9. The van der Waals surface area contributed by atoms with E-state index in [1.807, 2.05) is 36.4 Å². The van der Waals surface area contributed by atoms with Crippen molar-refractivity contribution in [3.8, 4) is 5.75 Å². The topological polar surface area (TPSA) is 21.7 Å². The highest BCUT2D eigenvalue weighted by atomic mass is 127. The van der Waals surface area contributed by atoms with Gasteiger partial charge in [0.1, 0.15) is 12.4 Å². The van der Waals surface area contributed by atoms with E-state index < -0.39 is 6.43 Å². The van der Waals surface area contributed by atoms with Gasteiger partial charge in [0.05, 0.1) is 13.2 Å². The number of allylic oxidation sites excluding steroid dienone is 3. The molecule has 1 aromatic carbocycles. The average molecular weight is 433 g/mol. The Bertz CT molecular complexity index is 612. The number of alkyl halides is 2. The fourth-order valence-corrected chi connectivity index (χ4v) is 2.65. The van der Waals surface area contributed by atoms with Gasteiger partial charge in [-0.05, 0) is 64.6 Å². The van der Waals surface area contributed by atoms with E-state index in [1.165, 1.54) is 0 Å². The summed E-state index contributed by atoms with van der Waals surface area (Å²) in [7, 11) is 1.61. The predicted molar refractivity (Wildman–Crippen MR) is 95.7 cm³/mol. The summed E-state index contributed by atoms with van der Waals surface area (Å²) in [6.45, 7) is 4.51. The summed E-state index contributed by atoms with van der Waals surface area (Å²) in [4.78, 5) is 1.55. The molecule has 0 saturated heterocycles. The lowest BCUT2D eigenvalue weighted by atomic mass is 10.1. The van der Waals surface area contributed by atoms with E-state index in [1.54, 1.807) is 12.0 Å². The van der Waals surface area contributed by atoms with Crippen molar-refractivity contribution in [2.24, 2.45) is 0 Å². The quantitative estimate of drug-likeness (QED) is 0.468. The van der Waals surface area contributed by atoms with Crippen molar-refractivity contribution in [2.75, 3.05) is 26.9 Å². The van der Waals surface area contributed by atoms with Gasteiger partial charge in [0.2, 0.25) is 0 Å². The molecule has 0 radical (unpaired) electrons. The van der Waals surface area contributed by atoms with Gasteiger partial charge in [-0.1, -0.05) is 6.58 Å². The van der Waals surface area contributed by atoms with Crippen LogP contribution in [0, 0.1) is 0 Å². The molecule has 0 spiro atoms. The fourth-order valence-electron chi connectivity index (χ4n) is 2.18. The molecule has 0 aromatic heterocycles. The standard InChI is InChI=1S/C17H18F2INO2/c1-12-15(20)7-8-16(21(12)11-17(18)19)13-3-5-14(6-4-13)23-10-9-22-2/h3-8,17H,1,9-11H2,2H3. The van der Waals surface area contributed by atoms with E-state index >= 15 is 0 Å². The maximum absolute atomic E-state index is 12.9. The Balaban J connectivity index is 2.19. The van der Waals surface area contributed by atoms with Crippen LogP contribution in [0.15, 0.2) is 52.3 Å². The average Bonchev–Trinajstić information content (AvgIpc) is 2.53. The van der Waals surface area contributed by atoms with Gasteiger partial charge in [0, 0.05) is 22.1 Å². The molecule has 0 amide bonds. The van der Waals surface area contributed by atoms with Gasteiger partial charge in [-0.2, -0.15) is 0 Å². The maximum Gasteiger partial charge on any atom is 0.256 e. The molecule has 0 saturated carbocycles. The Kier molecular flexibility index (Phi) is 6.59.